The van der Waals surface area contributed by atoms with Crippen molar-refractivity contribution in [1.82, 2.24) is 9.80 Å². The van der Waals surface area contributed by atoms with Gasteiger partial charge in [-0.1, -0.05) is 36.4 Å². The third-order valence-electron chi connectivity index (χ3n) is 7.96. The van der Waals surface area contributed by atoms with Gasteiger partial charge in [0.25, 0.3) is 5.91 Å². The van der Waals surface area contributed by atoms with Crippen molar-refractivity contribution in [3.63, 3.8) is 0 Å². The van der Waals surface area contributed by atoms with E-state index in [1.165, 1.54) is 5.56 Å². The Kier molecular flexibility index (Phi) is 6.91. The fourth-order valence-corrected chi connectivity index (χ4v) is 6.11. The van der Waals surface area contributed by atoms with Gasteiger partial charge in [-0.25, -0.2) is 0 Å². The standard InChI is InChI=1S/C28H36N2O3/c1-5-17-30-18-16-27(23-12-9-13-25(19-23)32-3)20-24(14-15-28(27,21-30)33-4)29(2)26(31)22-10-7-6-8-11-22/h5-13,19,24H,1,14-18,20-21H2,2-4H3. The largest absolute Gasteiger partial charge is 0.497 e. The zero-order valence-electron chi connectivity index (χ0n) is 20.1. The number of piperidine rings is 1. The lowest BCUT2D eigenvalue weighted by molar-refractivity contribution is -0.151. The van der Waals surface area contributed by atoms with E-state index in [1.807, 2.05) is 61.5 Å². The number of ether oxygens (including phenoxy) is 2. The smallest absolute Gasteiger partial charge is 0.253 e. The molecule has 33 heavy (non-hydrogen) atoms. The zero-order valence-corrected chi connectivity index (χ0v) is 20.1. The molecule has 0 spiro atoms. The number of amides is 1. The average Bonchev–Trinajstić information content (AvgIpc) is 2.88. The summed E-state index contributed by atoms with van der Waals surface area (Å²) in [6.45, 7) is 6.63. The van der Waals surface area contributed by atoms with Crippen LogP contribution in [0.5, 0.6) is 5.75 Å². The van der Waals surface area contributed by atoms with Gasteiger partial charge in [0.05, 0.1) is 12.7 Å². The fraction of sp³-hybridized carbons (Fsp3) is 0.464. The van der Waals surface area contributed by atoms with Gasteiger partial charge in [-0.05, 0) is 62.1 Å². The highest BCUT2D eigenvalue weighted by Crippen LogP contribution is 2.54. The lowest BCUT2D eigenvalue weighted by Crippen LogP contribution is -2.68. The van der Waals surface area contributed by atoms with E-state index in [-0.39, 0.29) is 23.0 Å². The second kappa shape index (κ2) is 9.70. The van der Waals surface area contributed by atoms with Crippen molar-refractivity contribution >= 4 is 5.91 Å². The van der Waals surface area contributed by atoms with Crippen LogP contribution in [-0.2, 0) is 10.2 Å². The van der Waals surface area contributed by atoms with E-state index in [9.17, 15) is 4.79 Å². The molecule has 2 aromatic rings. The summed E-state index contributed by atoms with van der Waals surface area (Å²) in [7, 11) is 5.51. The van der Waals surface area contributed by atoms with Crippen LogP contribution in [0.2, 0.25) is 0 Å². The molecule has 1 aliphatic carbocycles. The van der Waals surface area contributed by atoms with Gasteiger partial charge >= 0.3 is 0 Å². The first-order valence-electron chi connectivity index (χ1n) is 11.8. The van der Waals surface area contributed by atoms with E-state index in [0.717, 1.165) is 56.6 Å². The number of likely N-dealkylation sites (tertiary alicyclic amines) is 1. The molecular weight excluding hydrogens is 412 g/mol. The molecule has 1 saturated carbocycles. The lowest BCUT2D eigenvalue weighted by Gasteiger charge is -2.60. The van der Waals surface area contributed by atoms with Crippen molar-refractivity contribution in [2.75, 3.05) is 40.9 Å². The van der Waals surface area contributed by atoms with Crippen LogP contribution in [0.3, 0.4) is 0 Å². The predicted octanol–water partition coefficient (Wildman–Crippen LogP) is 4.53. The third kappa shape index (κ3) is 4.20. The third-order valence-corrected chi connectivity index (χ3v) is 7.96. The monoisotopic (exact) mass is 448 g/mol. The summed E-state index contributed by atoms with van der Waals surface area (Å²) in [4.78, 5) is 17.7. The number of hydrogen-bond acceptors (Lipinski definition) is 4. The minimum Gasteiger partial charge on any atom is -0.497 e. The minimum absolute atomic E-state index is 0.0791. The van der Waals surface area contributed by atoms with Crippen LogP contribution >= 0.6 is 0 Å². The van der Waals surface area contributed by atoms with E-state index in [1.54, 1.807) is 7.11 Å². The van der Waals surface area contributed by atoms with Crippen molar-refractivity contribution in [1.29, 1.82) is 0 Å². The van der Waals surface area contributed by atoms with Gasteiger partial charge in [0.15, 0.2) is 0 Å². The van der Waals surface area contributed by atoms with E-state index in [4.69, 9.17) is 9.47 Å². The Morgan fingerprint density at radius 3 is 2.67 bits per heavy atom. The molecule has 4 rings (SSSR count). The predicted molar refractivity (Wildman–Crippen MR) is 132 cm³/mol. The van der Waals surface area contributed by atoms with Crippen molar-refractivity contribution in [3.05, 3.63) is 78.4 Å². The molecule has 2 fully saturated rings. The van der Waals surface area contributed by atoms with Crippen LogP contribution in [0.1, 0.15) is 41.6 Å². The van der Waals surface area contributed by atoms with Gasteiger partial charge in [0.1, 0.15) is 5.75 Å². The van der Waals surface area contributed by atoms with Crippen LogP contribution in [-0.4, -0.2) is 68.3 Å². The number of carbonyl (C=O) groups is 1. The minimum atomic E-state index is -0.326. The molecule has 2 aromatic carbocycles. The first kappa shape index (κ1) is 23.5. The SMILES string of the molecule is C=CCN1CCC2(c3cccc(OC)c3)CC(N(C)C(=O)c3ccccc3)CCC2(OC)C1. The first-order chi connectivity index (χ1) is 16.0. The molecule has 1 aliphatic heterocycles. The van der Waals surface area contributed by atoms with Crippen molar-refractivity contribution < 1.29 is 14.3 Å². The van der Waals surface area contributed by atoms with Crippen LogP contribution in [0, 0.1) is 0 Å². The van der Waals surface area contributed by atoms with Gasteiger partial charge in [-0.3, -0.25) is 9.69 Å². The summed E-state index contributed by atoms with van der Waals surface area (Å²) >= 11 is 0. The Morgan fingerprint density at radius 2 is 1.97 bits per heavy atom. The van der Waals surface area contributed by atoms with Gasteiger partial charge in [-0.2, -0.15) is 0 Å². The molecule has 1 amide bonds. The molecule has 5 heteroatoms. The maximum atomic E-state index is 13.3. The quantitative estimate of drug-likeness (QED) is 0.584. The van der Waals surface area contributed by atoms with Crippen molar-refractivity contribution in [3.8, 4) is 5.75 Å². The normalized spacial score (nSPS) is 27.4. The van der Waals surface area contributed by atoms with Gasteiger partial charge in [-0.15, -0.1) is 6.58 Å². The molecule has 1 saturated heterocycles. The molecule has 3 unspecified atom stereocenters. The molecule has 176 valence electrons. The van der Waals surface area contributed by atoms with Crippen LogP contribution in [0.15, 0.2) is 67.3 Å². The van der Waals surface area contributed by atoms with Crippen molar-refractivity contribution in [2.45, 2.75) is 42.7 Å². The highest BCUT2D eigenvalue weighted by atomic mass is 16.5. The second-order valence-corrected chi connectivity index (χ2v) is 9.46. The van der Waals surface area contributed by atoms with Crippen LogP contribution < -0.4 is 4.74 Å². The highest BCUT2D eigenvalue weighted by Gasteiger charge is 2.59. The maximum absolute atomic E-state index is 13.3. The molecule has 5 nitrogen and oxygen atoms in total. The molecule has 1 heterocycles. The Balaban J connectivity index is 1.72. The molecular formula is C28H36N2O3. The summed E-state index contributed by atoms with van der Waals surface area (Å²) in [5, 5.41) is 0. The highest BCUT2D eigenvalue weighted by molar-refractivity contribution is 5.94. The Morgan fingerprint density at radius 1 is 1.18 bits per heavy atom. The number of fused-ring (bicyclic) bond motifs is 1. The van der Waals surface area contributed by atoms with Gasteiger partial charge in [0.2, 0.25) is 0 Å². The first-order valence-corrected chi connectivity index (χ1v) is 11.8. The molecule has 2 aliphatic rings. The number of benzene rings is 2. The van der Waals surface area contributed by atoms with E-state index < -0.39 is 0 Å². The summed E-state index contributed by atoms with van der Waals surface area (Å²) in [6.07, 6.45) is 5.61. The number of methoxy groups -OCH3 is 2. The van der Waals surface area contributed by atoms with Gasteiger partial charge in [0, 0.05) is 44.3 Å². The van der Waals surface area contributed by atoms with Crippen molar-refractivity contribution in [2.24, 2.45) is 0 Å². The second-order valence-electron chi connectivity index (χ2n) is 9.46. The Hall–Kier alpha value is -2.63. The molecule has 3 atom stereocenters. The number of nitrogens with zero attached hydrogens (tertiary/aromatic N) is 2. The molecule has 0 radical (unpaired) electrons. The summed E-state index contributed by atoms with van der Waals surface area (Å²) in [6, 6.07) is 18.2. The summed E-state index contributed by atoms with van der Waals surface area (Å²) in [5.74, 6) is 0.937. The maximum Gasteiger partial charge on any atom is 0.253 e. The summed E-state index contributed by atoms with van der Waals surface area (Å²) < 4.78 is 12.0. The summed E-state index contributed by atoms with van der Waals surface area (Å²) in [5.41, 5.74) is 1.45. The topological polar surface area (TPSA) is 42.0 Å². The van der Waals surface area contributed by atoms with Crippen LogP contribution in [0.25, 0.3) is 0 Å². The van der Waals surface area contributed by atoms with E-state index in [0.29, 0.717) is 0 Å². The Bertz CT molecular complexity index is 978. The molecule has 0 N–H and O–H groups in total. The van der Waals surface area contributed by atoms with Gasteiger partial charge < -0.3 is 14.4 Å². The molecule has 0 bridgehead atoms. The van der Waals surface area contributed by atoms with Crippen LogP contribution in [0.4, 0.5) is 0 Å². The fourth-order valence-electron chi connectivity index (χ4n) is 6.11. The number of carbonyl (C=O) groups excluding carboxylic acids is 1. The lowest BCUT2D eigenvalue weighted by atomic mass is 9.55. The molecule has 0 aromatic heterocycles. The Labute approximate surface area is 198 Å². The van der Waals surface area contributed by atoms with E-state index >= 15 is 0 Å². The number of hydrogen-bond donors (Lipinski definition) is 0. The number of rotatable bonds is 7. The average molecular weight is 449 g/mol. The van der Waals surface area contributed by atoms with E-state index in [2.05, 4.69) is 29.7 Å². The zero-order chi connectivity index (χ0) is 23.5.